The van der Waals surface area contributed by atoms with Crippen LogP contribution in [0.3, 0.4) is 0 Å². The highest BCUT2D eigenvalue weighted by molar-refractivity contribution is 7.89. The van der Waals surface area contributed by atoms with E-state index in [1.165, 1.54) is 4.41 Å². The molecule has 1 aliphatic rings. The molecule has 3 aromatic carbocycles. The molecular formula is C23H22N2O4S. The summed E-state index contributed by atoms with van der Waals surface area (Å²) in [7, 11) is -0.675. The third-order valence-corrected chi connectivity index (χ3v) is 6.76. The Bertz CT molecular complexity index is 1160. The number of ether oxygens (including phenoxy) is 2. The van der Waals surface area contributed by atoms with Gasteiger partial charge in [0.15, 0.2) is 11.5 Å². The molecule has 0 saturated heterocycles. The van der Waals surface area contributed by atoms with Gasteiger partial charge in [-0.05, 0) is 35.9 Å². The maximum absolute atomic E-state index is 13.4. The summed E-state index contributed by atoms with van der Waals surface area (Å²) < 4.78 is 38.7. The van der Waals surface area contributed by atoms with E-state index in [4.69, 9.17) is 9.47 Å². The largest absolute Gasteiger partial charge is 0.493 e. The Labute approximate surface area is 176 Å². The van der Waals surface area contributed by atoms with Gasteiger partial charge >= 0.3 is 0 Å². The lowest BCUT2D eigenvalue weighted by Gasteiger charge is -2.23. The van der Waals surface area contributed by atoms with Crippen molar-refractivity contribution in [2.45, 2.75) is 17.4 Å². The molecule has 0 saturated carbocycles. The third kappa shape index (κ3) is 3.64. The molecule has 0 unspecified atom stereocenters. The highest BCUT2D eigenvalue weighted by atomic mass is 32.2. The predicted molar refractivity (Wildman–Crippen MR) is 115 cm³/mol. The van der Waals surface area contributed by atoms with Gasteiger partial charge in [-0.25, -0.2) is 0 Å². The molecule has 0 spiro atoms. The monoisotopic (exact) mass is 422 g/mol. The third-order valence-electron chi connectivity index (χ3n) is 5.06. The number of nitrogens with zero attached hydrogens (tertiary/aromatic N) is 2. The zero-order valence-corrected chi connectivity index (χ0v) is 17.5. The van der Waals surface area contributed by atoms with Crippen molar-refractivity contribution < 1.29 is 17.9 Å². The second-order valence-electron chi connectivity index (χ2n) is 6.84. The summed E-state index contributed by atoms with van der Waals surface area (Å²) in [5.41, 5.74) is 2.35. The first-order valence-electron chi connectivity index (χ1n) is 9.49. The molecule has 7 heteroatoms. The quantitative estimate of drug-likeness (QED) is 0.596. The standard InChI is InChI=1S/C23H22N2O4S/c1-28-22-14-13-18(15-23(22)29-2)20-16-21(17-9-5-3-6-10-17)25(24-20)30(26,27)19-11-7-4-8-12-19/h3-15,21H,16H2,1-2H3/t21-/m0/s1. The van der Waals surface area contributed by atoms with Crippen LogP contribution in [0.1, 0.15) is 23.6 Å². The smallest absolute Gasteiger partial charge is 0.279 e. The predicted octanol–water partition coefficient (Wildman–Crippen LogP) is 4.24. The van der Waals surface area contributed by atoms with E-state index in [1.807, 2.05) is 42.5 Å². The molecule has 0 radical (unpaired) electrons. The number of rotatable bonds is 6. The fraction of sp³-hybridized carbons (Fsp3) is 0.174. The molecule has 3 aromatic rings. The summed E-state index contributed by atoms with van der Waals surface area (Å²) in [6, 6.07) is 23.0. The van der Waals surface area contributed by atoms with Gasteiger partial charge in [0.1, 0.15) is 0 Å². The van der Waals surface area contributed by atoms with E-state index < -0.39 is 16.1 Å². The number of hydrazone groups is 1. The summed E-state index contributed by atoms with van der Waals surface area (Å²) in [6.45, 7) is 0. The van der Waals surface area contributed by atoms with Crippen LogP contribution in [0.15, 0.2) is 88.9 Å². The van der Waals surface area contributed by atoms with Gasteiger partial charge in [-0.1, -0.05) is 48.5 Å². The first-order valence-corrected chi connectivity index (χ1v) is 10.9. The van der Waals surface area contributed by atoms with Gasteiger partial charge in [0.25, 0.3) is 10.0 Å². The molecule has 0 amide bonds. The Morgan fingerprint density at radius 1 is 0.867 bits per heavy atom. The highest BCUT2D eigenvalue weighted by Crippen LogP contribution is 2.38. The fourth-order valence-electron chi connectivity index (χ4n) is 3.52. The van der Waals surface area contributed by atoms with Crippen molar-refractivity contribution in [2.24, 2.45) is 5.10 Å². The van der Waals surface area contributed by atoms with Gasteiger partial charge in [-0.2, -0.15) is 17.9 Å². The average molecular weight is 423 g/mol. The Morgan fingerprint density at radius 2 is 1.50 bits per heavy atom. The van der Waals surface area contributed by atoms with Gasteiger partial charge in [0, 0.05) is 12.0 Å². The van der Waals surface area contributed by atoms with Crippen molar-refractivity contribution in [3.05, 3.63) is 90.0 Å². The minimum atomic E-state index is -3.82. The van der Waals surface area contributed by atoms with Crippen LogP contribution < -0.4 is 9.47 Å². The van der Waals surface area contributed by atoms with Crippen LogP contribution in [0.25, 0.3) is 0 Å². The molecular weight excluding hydrogens is 400 g/mol. The van der Waals surface area contributed by atoms with E-state index in [0.29, 0.717) is 23.6 Å². The zero-order valence-electron chi connectivity index (χ0n) is 16.7. The highest BCUT2D eigenvalue weighted by Gasteiger charge is 2.37. The van der Waals surface area contributed by atoms with Crippen molar-refractivity contribution in [3.63, 3.8) is 0 Å². The second-order valence-corrected chi connectivity index (χ2v) is 8.63. The Morgan fingerprint density at radius 3 is 2.13 bits per heavy atom. The summed E-state index contributed by atoms with van der Waals surface area (Å²) >= 11 is 0. The molecule has 0 fully saturated rings. The van der Waals surface area contributed by atoms with Gasteiger partial charge < -0.3 is 9.47 Å². The molecule has 4 rings (SSSR count). The van der Waals surface area contributed by atoms with Crippen LogP contribution in [0.2, 0.25) is 0 Å². The van der Waals surface area contributed by atoms with Crippen LogP contribution in [-0.2, 0) is 10.0 Å². The maximum atomic E-state index is 13.4. The topological polar surface area (TPSA) is 68.2 Å². The van der Waals surface area contributed by atoms with Crippen LogP contribution in [-0.4, -0.2) is 32.8 Å². The maximum Gasteiger partial charge on any atom is 0.279 e. The number of hydrogen-bond donors (Lipinski definition) is 0. The van der Waals surface area contributed by atoms with Crippen molar-refractivity contribution in [3.8, 4) is 11.5 Å². The summed E-state index contributed by atoms with van der Waals surface area (Å²) in [5, 5.41) is 4.56. The number of sulfonamides is 1. The Hall–Kier alpha value is -3.32. The molecule has 1 atom stereocenters. The summed E-state index contributed by atoms with van der Waals surface area (Å²) in [6.07, 6.45) is 0.450. The first kappa shape index (κ1) is 20.0. The molecule has 30 heavy (non-hydrogen) atoms. The molecule has 1 aliphatic heterocycles. The molecule has 154 valence electrons. The van der Waals surface area contributed by atoms with E-state index in [0.717, 1.165) is 11.1 Å². The van der Waals surface area contributed by atoms with E-state index in [9.17, 15) is 8.42 Å². The fourth-order valence-corrected chi connectivity index (χ4v) is 4.98. The van der Waals surface area contributed by atoms with Crippen LogP contribution in [0.4, 0.5) is 0 Å². The lowest BCUT2D eigenvalue weighted by atomic mass is 9.99. The first-order chi connectivity index (χ1) is 14.5. The van der Waals surface area contributed by atoms with Gasteiger partial charge in [0.05, 0.1) is 30.9 Å². The van der Waals surface area contributed by atoms with E-state index in [1.54, 1.807) is 50.6 Å². The minimum Gasteiger partial charge on any atom is -0.493 e. The SMILES string of the molecule is COc1ccc(C2=NN(S(=O)(=O)c3ccccc3)[C@H](c3ccccc3)C2)cc1OC. The molecule has 6 nitrogen and oxygen atoms in total. The molecule has 0 aliphatic carbocycles. The summed E-state index contributed by atoms with van der Waals surface area (Å²) in [4.78, 5) is 0.211. The summed E-state index contributed by atoms with van der Waals surface area (Å²) in [5.74, 6) is 1.17. The van der Waals surface area contributed by atoms with Crippen LogP contribution in [0, 0.1) is 0 Å². The van der Waals surface area contributed by atoms with E-state index >= 15 is 0 Å². The van der Waals surface area contributed by atoms with Crippen LogP contribution in [0.5, 0.6) is 11.5 Å². The lowest BCUT2D eigenvalue weighted by Crippen LogP contribution is -2.27. The van der Waals surface area contributed by atoms with Crippen molar-refractivity contribution in [2.75, 3.05) is 14.2 Å². The second kappa shape index (κ2) is 8.20. The average Bonchev–Trinajstić information content (AvgIpc) is 3.26. The van der Waals surface area contributed by atoms with E-state index in [-0.39, 0.29) is 4.90 Å². The zero-order chi connectivity index (χ0) is 21.1. The Balaban J connectivity index is 1.80. The van der Waals surface area contributed by atoms with Crippen LogP contribution >= 0.6 is 0 Å². The number of methoxy groups -OCH3 is 2. The minimum absolute atomic E-state index is 0.211. The van der Waals surface area contributed by atoms with Crippen molar-refractivity contribution in [1.82, 2.24) is 4.41 Å². The number of benzene rings is 3. The van der Waals surface area contributed by atoms with Gasteiger partial charge in [-0.15, -0.1) is 0 Å². The number of hydrogen-bond acceptors (Lipinski definition) is 5. The van der Waals surface area contributed by atoms with Gasteiger partial charge in [-0.3, -0.25) is 0 Å². The van der Waals surface area contributed by atoms with E-state index in [2.05, 4.69) is 5.10 Å². The molecule has 1 heterocycles. The normalized spacial score (nSPS) is 16.3. The van der Waals surface area contributed by atoms with Gasteiger partial charge in [0.2, 0.25) is 0 Å². The molecule has 0 aromatic heterocycles. The molecule has 0 N–H and O–H groups in total. The van der Waals surface area contributed by atoms with Crippen molar-refractivity contribution >= 4 is 15.7 Å². The van der Waals surface area contributed by atoms with Crippen molar-refractivity contribution in [1.29, 1.82) is 0 Å². The Kier molecular flexibility index (Phi) is 5.46. The lowest BCUT2D eigenvalue weighted by molar-refractivity contribution is 0.355. The molecule has 0 bridgehead atoms.